The van der Waals surface area contributed by atoms with Crippen LogP contribution in [0.25, 0.3) is 0 Å². The van der Waals surface area contributed by atoms with E-state index < -0.39 is 0 Å². The predicted molar refractivity (Wildman–Crippen MR) is 79.8 cm³/mol. The Morgan fingerprint density at radius 3 is 3.10 bits per heavy atom. The maximum atomic E-state index is 12.6. The molecule has 1 aliphatic rings. The van der Waals surface area contributed by atoms with Crippen molar-refractivity contribution in [2.24, 2.45) is 5.84 Å². The molecule has 3 N–H and O–H groups in total. The van der Waals surface area contributed by atoms with Gasteiger partial charge in [-0.25, -0.2) is 0 Å². The lowest BCUT2D eigenvalue weighted by molar-refractivity contribution is 0.00728. The second-order valence-electron chi connectivity index (χ2n) is 4.80. The number of piperidine rings is 1. The highest BCUT2D eigenvalue weighted by atomic mass is 35.5. The molecule has 1 saturated heterocycles. The number of hydrogen-bond acceptors (Lipinski definition) is 4. The van der Waals surface area contributed by atoms with Gasteiger partial charge in [-0.05, 0) is 38.0 Å². The third-order valence-electron chi connectivity index (χ3n) is 3.44. The summed E-state index contributed by atoms with van der Waals surface area (Å²) >= 11 is 5.97. The van der Waals surface area contributed by atoms with Crippen molar-refractivity contribution in [3.8, 4) is 0 Å². The van der Waals surface area contributed by atoms with Crippen LogP contribution in [0.2, 0.25) is 5.02 Å². The highest BCUT2D eigenvalue weighted by molar-refractivity contribution is 6.31. The predicted octanol–water partition coefficient (Wildman–Crippen LogP) is 2.27. The van der Waals surface area contributed by atoms with E-state index in [1.807, 2.05) is 6.92 Å². The van der Waals surface area contributed by atoms with Crippen LogP contribution in [0.5, 0.6) is 0 Å². The lowest BCUT2D eigenvalue weighted by Crippen LogP contribution is -2.43. The summed E-state index contributed by atoms with van der Waals surface area (Å²) in [5, 5.41) is 0.519. The van der Waals surface area contributed by atoms with E-state index in [9.17, 15) is 4.79 Å². The van der Waals surface area contributed by atoms with Crippen molar-refractivity contribution in [2.75, 3.05) is 25.1 Å². The molecule has 2 rings (SSSR count). The Morgan fingerprint density at radius 1 is 1.60 bits per heavy atom. The summed E-state index contributed by atoms with van der Waals surface area (Å²) in [6.07, 6.45) is 2.06. The van der Waals surface area contributed by atoms with Crippen LogP contribution in [0.3, 0.4) is 0 Å². The van der Waals surface area contributed by atoms with Gasteiger partial charge in [0, 0.05) is 24.7 Å². The fraction of sp³-hybridized carbons (Fsp3) is 0.500. The molecule has 0 bridgehead atoms. The lowest BCUT2D eigenvalue weighted by Gasteiger charge is -2.33. The van der Waals surface area contributed by atoms with E-state index in [0.29, 0.717) is 29.4 Å². The van der Waals surface area contributed by atoms with E-state index in [1.54, 1.807) is 23.1 Å². The van der Waals surface area contributed by atoms with Gasteiger partial charge in [-0.2, -0.15) is 0 Å². The van der Waals surface area contributed by atoms with Gasteiger partial charge in [-0.15, -0.1) is 0 Å². The molecule has 0 aliphatic carbocycles. The Kier molecular flexibility index (Phi) is 5.23. The number of nitrogen functional groups attached to an aromatic ring is 1. The van der Waals surface area contributed by atoms with Crippen LogP contribution < -0.4 is 11.3 Å². The number of carbonyl (C=O) groups excluding carboxylic acids is 1. The highest BCUT2D eigenvalue weighted by Gasteiger charge is 2.26. The number of benzene rings is 1. The summed E-state index contributed by atoms with van der Waals surface area (Å²) in [6, 6.07) is 5.05. The maximum Gasteiger partial charge on any atom is 0.256 e. The average Bonchev–Trinajstić information content (AvgIpc) is 2.47. The fourth-order valence-electron chi connectivity index (χ4n) is 2.48. The van der Waals surface area contributed by atoms with Gasteiger partial charge in [0.05, 0.1) is 17.4 Å². The summed E-state index contributed by atoms with van der Waals surface area (Å²) in [5.74, 6) is 5.39. The first-order valence-corrected chi connectivity index (χ1v) is 7.20. The highest BCUT2D eigenvalue weighted by Crippen LogP contribution is 2.23. The topological polar surface area (TPSA) is 67.6 Å². The van der Waals surface area contributed by atoms with Crippen LogP contribution in [0.4, 0.5) is 5.69 Å². The molecule has 1 fully saturated rings. The number of rotatable bonds is 4. The molecule has 0 spiro atoms. The molecule has 1 aromatic rings. The first-order valence-electron chi connectivity index (χ1n) is 6.82. The molecular weight excluding hydrogens is 278 g/mol. The third kappa shape index (κ3) is 3.42. The monoisotopic (exact) mass is 297 g/mol. The smallest absolute Gasteiger partial charge is 0.256 e. The third-order valence-corrected chi connectivity index (χ3v) is 3.67. The van der Waals surface area contributed by atoms with Gasteiger partial charge in [0.1, 0.15) is 0 Å². The summed E-state index contributed by atoms with van der Waals surface area (Å²) in [7, 11) is 0. The van der Waals surface area contributed by atoms with E-state index in [0.717, 1.165) is 19.4 Å². The van der Waals surface area contributed by atoms with Crippen molar-refractivity contribution >= 4 is 23.2 Å². The SMILES string of the molecule is CCOC1CCCN(C(=O)c2cc(Cl)ccc2NN)C1. The number of carbonyl (C=O) groups is 1. The van der Waals surface area contributed by atoms with Crippen LogP contribution in [-0.4, -0.2) is 36.6 Å². The zero-order valence-corrected chi connectivity index (χ0v) is 12.3. The summed E-state index contributed by atoms with van der Waals surface area (Å²) in [4.78, 5) is 14.4. The number of nitrogens with zero attached hydrogens (tertiary/aromatic N) is 1. The number of hydrazine groups is 1. The number of nitrogens with two attached hydrogens (primary N) is 1. The first-order chi connectivity index (χ1) is 9.65. The second kappa shape index (κ2) is 6.92. The Morgan fingerprint density at radius 2 is 2.40 bits per heavy atom. The van der Waals surface area contributed by atoms with E-state index in [1.165, 1.54) is 0 Å². The van der Waals surface area contributed by atoms with Crippen molar-refractivity contribution in [2.45, 2.75) is 25.9 Å². The van der Waals surface area contributed by atoms with E-state index in [-0.39, 0.29) is 12.0 Å². The van der Waals surface area contributed by atoms with E-state index >= 15 is 0 Å². The minimum absolute atomic E-state index is 0.0650. The second-order valence-corrected chi connectivity index (χ2v) is 5.24. The molecule has 1 aromatic carbocycles. The minimum Gasteiger partial charge on any atom is -0.377 e. The molecule has 1 amide bonds. The number of halogens is 1. The van der Waals surface area contributed by atoms with Gasteiger partial charge in [0.15, 0.2) is 0 Å². The number of amides is 1. The first kappa shape index (κ1) is 15.1. The number of ether oxygens (including phenoxy) is 1. The molecule has 0 saturated carbocycles. The molecule has 0 radical (unpaired) electrons. The van der Waals surface area contributed by atoms with Crippen LogP contribution >= 0.6 is 11.6 Å². The summed E-state index contributed by atoms with van der Waals surface area (Å²) in [6.45, 7) is 3.98. The molecule has 110 valence electrons. The van der Waals surface area contributed by atoms with Crippen LogP contribution in [-0.2, 0) is 4.74 Å². The van der Waals surface area contributed by atoms with Gasteiger partial charge in [0.25, 0.3) is 5.91 Å². The number of likely N-dealkylation sites (tertiary alicyclic amines) is 1. The molecule has 1 aliphatic heterocycles. The Labute approximate surface area is 124 Å². The summed E-state index contributed by atoms with van der Waals surface area (Å²) < 4.78 is 5.62. The van der Waals surface area contributed by atoms with Crippen molar-refractivity contribution in [3.05, 3.63) is 28.8 Å². The molecule has 1 atom stereocenters. The molecule has 20 heavy (non-hydrogen) atoms. The number of nitrogens with one attached hydrogen (secondary N) is 1. The van der Waals surface area contributed by atoms with Crippen molar-refractivity contribution in [1.82, 2.24) is 4.90 Å². The zero-order chi connectivity index (χ0) is 14.5. The Balaban J connectivity index is 2.16. The normalized spacial score (nSPS) is 18.9. The standard InChI is InChI=1S/C14H20ClN3O2/c1-2-20-11-4-3-7-18(9-11)14(19)12-8-10(15)5-6-13(12)17-16/h5-6,8,11,17H,2-4,7,9,16H2,1H3. The van der Waals surface area contributed by atoms with Crippen molar-refractivity contribution in [1.29, 1.82) is 0 Å². The largest absolute Gasteiger partial charge is 0.377 e. The van der Waals surface area contributed by atoms with Crippen LogP contribution in [0, 0.1) is 0 Å². The van der Waals surface area contributed by atoms with Gasteiger partial charge in [-0.1, -0.05) is 11.6 Å². The average molecular weight is 298 g/mol. The van der Waals surface area contributed by atoms with Gasteiger partial charge >= 0.3 is 0 Å². The van der Waals surface area contributed by atoms with Gasteiger partial charge in [0.2, 0.25) is 0 Å². The molecule has 0 aromatic heterocycles. The molecule has 1 unspecified atom stereocenters. The molecule has 6 heteroatoms. The molecule has 5 nitrogen and oxygen atoms in total. The van der Waals surface area contributed by atoms with Crippen molar-refractivity contribution < 1.29 is 9.53 Å². The maximum absolute atomic E-state index is 12.6. The van der Waals surface area contributed by atoms with Gasteiger partial charge < -0.3 is 15.1 Å². The Hall–Kier alpha value is -1.30. The van der Waals surface area contributed by atoms with E-state index in [2.05, 4.69) is 5.43 Å². The molecule has 1 heterocycles. The molecular formula is C14H20ClN3O2. The van der Waals surface area contributed by atoms with E-state index in [4.69, 9.17) is 22.2 Å². The fourth-order valence-corrected chi connectivity index (χ4v) is 2.66. The number of hydrogen-bond donors (Lipinski definition) is 2. The summed E-state index contributed by atoms with van der Waals surface area (Å²) in [5.41, 5.74) is 3.62. The van der Waals surface area contributed by atoms with Crippen LogP contribution in [0.1, 0.15) is 30.1 Å². The van der Waals surface area contributed by atoms with Crippen LogP contribution in [0.15, 0.2) is 18.2 Å². The lowest BCUT2D eigenvalue weighted by atomic mass is 10.1. The Bertz CT molecular complexity index is 479. The minimum atomic E-state index is -0.0650. The van der Waals surface area contributed by atoms with Gasteiger partial charge in [-0.3, -0.25) is 10.6 Å². The van der Waals surface area contributed by atoms with Crippen molar-refractivity contribution in [3.63, 3.8) is 0 Å². The quantitative estimate of drug-likeness (QED) is 0.661. The zero-order valence-electron chi connectivity index (χ0n) is 11.6. The number of anilines is 1.